The predicted octanol–water partition coefficient (Wildman–Crippen LogP) is 2.23. The van der Waals surface area contributed by atoms with Crippen LogP contribution < -0.4 is 14.8 Å². The first-order valence-corrected chi connectivity index (χ1v) is 11.1. The third kappa shape index (κ3) is 5.73. The fourth-order valence-electron chi connectivity index (χ4n) is 4.45. The monoisotopic (exact) mass is 468 g/mol. The van der Waals surface area contributed by atoms with E-state index < -0.39 is 24.1 Å². The highest BCUT2D eigenvalue weighted by Gasteiger charge is 2.46. The molecule has 0 unspecified atom stereocenters. The maximum absolute atomic E-state index is 13.6. The number of amides is 1. The molecule has 1 saturated carbocycles. The molecule has 0 aliphatic heterocycles. The van der Waals surface area contributed by atoms with Gasteiger partial charge in [0, 0.05) is 31.4 Å². The number of aliphatic hydroxyl groups is 1. The van der Waals surface area contributed by atoms with Crippen LogP contribution in [0, 0.1) is 5.82 Å². The topological polar surface area (TPSA) is 88.9 Å². The second-order valence-corrected chi connectivity index (χ2v) is 8.47. The molecule has 2 N–H and O–H groups in total. The number of halogens is 1. The average Bonchev–Trinajstić information content (AvgIpc) is 3.42. The highest BCUT2D eigenvalue weighted by atomic mass is 19.1. The smallest absolute Gasteiger partial charge is 0.242 e. The summed E-state index contributed by atoms with van der Waals surface area (Å²) in [6.07, 6.45) is 2.19. The first-order chi connectivity index (χ1) is 16.4. The summed E-state index contributed by atoms with van der Waals surface area (Å²) in [4.78, 5) is 14.7. The molecule has 1 aromatic heterocycles. The zero-order chi connectivity index (χ0) is 24.1. The number of ether oxygens (including phenoxy) is 2. The Bertz CT molecular complexity index is 1080. The maximum Gasteiger partial charge on any atom is 0.242 e. The van der Waals surface area contributed by atoms with Gasteiger partial charge in [-0.25, -0.2) is 4.39 Å². The SMILES string of the molecule is COc1ccc(CN(C)[C@@H]2[C@@H](O)[C@H](Oc3cccc(F)c3)C[C@H]2NC(=O)Cn2cccn2)cc1. The standard InChI is InChI=1S/C25H29FN4O4/c1-29(15-17-7-9-19(33-2)10-8-17)24-21(28-23(31)16-30-12-4-11-27-30)14-22(25(24)32)34-20-6-3-5-18(26)13-20/h3-13,21-22,24-25,32H,14-16H2,1-2H3,(H,28,31)/t21-,22-,24+,25+/m1/s1. The number of carbonyl (C=O) groups excluding carboxylic acids is 1. The number of hydrogen-bond donors (Lipinski definition) is 2. The lowest BCUT2D eigenvalue weighted by molar-refractivity contribution is -0.123. The maximum atomic E-state index is 13.6. The molecule has 34 heavy (non-hydrogen) atoms. The van der Waals surface area contributed by atoms with E-state index in [1.807, 2.05) is 36.2 Å². The number of methoxy groups -OCH3 is 1. The molecule has 0 bridgehead atoms. The number of aliphatic hydroxyl groups excluding tert-OH is 1. The number of likely N-dealkylation sites (N-methyl/N-ethyl adjacent to an activating group) is 1. The Labute approximate surface area is 197 Å². The molecule has 1 fully saturated rings. The van der Waals surface area contributed by atoms with Gasteiger partial charge in [0.15, 0.2) is 0 Å². The Hall–Kier alpha value is -3.43. The molecular weight excluding hydrogens is 439 g/mol. The third-order valence-corrected chi connectivity index (χ3v) is 6.02. The number of benzene rings is 2. The van der Waals surface area contributed by atoms with Crippen molar-refractivity contribution in [3.8, 4) is 11.5 Å². The number of nitrogens with zero attached hydrogens (tertiary/aromatic N) is 3. The van der Waals surface area contributed by atoms with E-state index >= 15 is 0 Å². The van der Waals surface area contributed by atoms with Crippen LogP contribution >= 0.6 is 0 Å². The number of nitrogens with one attached hydrogen (secondary N) is 1. The van der Waals surface area contributed by atoms with E-state index in [4.69, 9.17) is 9.47 Å². The van der Waals surface area contributed by atoms with Crippen molar-refractivity contribution >= 4 is 5.91 Å². The molecular formula is C25H29FN4O4. The van der Waals surface area contributed by atoms with Crippen molar-refractivity contribution in [3.63, 3.8) is 0 Å². The molecule has 1 heterocycles. The molecule has 3 aromatic rings. The first kappa shape index (κ1) is 23.7. The van der Waals surface area contributed by atoms with Crippen LogP contribution in [0.5, 0.6) is 11.5 Å². The molecule has 0 spiro atoms. The highest BCUT2D eigenvalue weighted by Crippen LogP contribution is 2.30. The summed E-state index contributed by atoms with van der Waals surface area (Å²) < 4.78 is 26.4. The van der Waals surface area contributed by atoms with Gasteiger partial charge < -0.3 is 19.9 Å². The second-order valence-electron chi connectivity index (χ2n) is 8.47. The van der Waals surface area contributed by atoms with Crippen LogP contribution in [0.15, 0.2) is 67.0 Å². The molecule has 1 aliphatic rings. The third-order valence-electron chi connectivity index (χ3n) is 6.02. The van der Waals surface area contributed by atoms with Gasteiger partial charge in [-0.3, -0.25) is 14.4 Å². The lowest BCUT2D eigenvalue weighted by atomic mass is 10.1. The molecule has 0 radical (unpaired) electrons. The van der Waals surface area contributed by atoms with Gasteiger partial charge in [-0.05, 0) is 42.9 Å². The summed E-state index contributed by atoms with van der Waals surface area (Å²) >= 11 is 0. The first-order valence-electron chi connectivity index (χ1n) is 11.1. The van der Waals surface area contributed by atoms with Gasteiger partial charge in [-0.15, -0.1) is 0 Å². The van der Waals surface area contributed by atoms with Crippen molar-refractivity contribution in [1.82, 2.24) is 20.0 Å². The predicted molar refractivity (Wildman–Crippen MR) is 124 cm³/mol. The van der Waals surface area contributed by atoms with Crippen molar-refractivity contribution in [2.24, 2.45) is 0 Å². The second kappa shape index (κ2) is 10.7. The number of rotatable bonds is 9. The van der Waals surface area contributed by atoms with E-state index in [0.29, 0.717) is 18.7 Å². The van der Waals surface area contributed by atoms with Gasteiger partial charge in [-0.1, -0.05) is 18.2 Å². The van der Waals surface area contributed by atoms with Crippen molar-refractivity contribution in [3.05, 3.63) is 78.4 Å². The summed E-state index contributed by atoms with van der Waals surface area (Å²) in [7, 11) is 3.51. The summed E-state index contributed by atoms with van der Waals surface area (Å²) in [5.74, 6) is 0.473. The fourth-order valence-corrected chi connectivity index (χ4v) is 4.45. The number of carbonyl (C=O) groups is 1. The molecule has 8 nitrogen and oxygen atoms in total. The van der Waals surface area contributed by atoms with Gasteiger partial charge in [0.2, 0.25) is 5.91 Å². The number of hydrogen-bond acceptors (Lipinski definition) is 6. The van der Waals surface area contributed by atoms with Crippen LogP contribution in [0.1, 0.15) is 12.0 Å². The Kier molecular flexibility index (Phi) is 7.44. The van der Waals surface area contributed by atoms with Crippen LogP contribution in [-0.2, 0) is 17.9 Å². The van der Waals surface area contributed by atoms with E-state index in [2.05, 4.69) is 10.4 Å². The van der Waals surface area contributed by atoms with Gasteiger partial charge in [-0.2, -0.15) is 5.10 Å². The van der Waals surface area contributed by atoms with Crippen molar-refractivity contribution in [2.75, 3.05) is 14.2 Å². The van der Waals surface area contributed by atoms with E-state index in [1.54, 1.807) is 37.7 Å². The van der Waals surface area contributed by atoms with Gasteiger partial charge in [0.25, 0.3) is 0 Å². The quantitative estimate of drug-likeness (QED) is 0.501. The van der Waals surface area contributed by atoms with Crippen LogP contribution in [0.25, 0.3) is 0 Å². The Morgan fingerprint density at radius 1 is 1.24 bits per heavy atom. The Morgan fingerprint density at radius 3 is 2.71 bits per heavy atom. The van der Waals surface area contributed by atoms with E-state index in [-0.39, 0.29) is 18.5 Å². The summed E-state index contributed by atoms with van der Waals surface area (Å²) in [6.45, 7) is 0.619. The van der Waals surface area contributed by atoms with Gasteiger partial charge >= 0.3 is 0 Å². The minimum Gasteiger partial charge on any atom is -0.497 e. The van der Waals surface area contributed by atoms with Crippen LogP contribution in [0.3, 0.4) is 0 Å². The Balaban J connectivity index is 1.50. The molecule has 2 aromatic carbocycles. The summed E-state index contributed by atoms with van der Waals surface area (Å²) in [5, 5.41) is 18.3. The van der Waals surface area contributed by atoms with E-state index in [9.17, 15) is 14.3 Å². The molecule has 0 saturated heterocycles. The lowest BCUT2D eigenvalue weighted by Crippen LogP contribution is -2.52. The molecule has 4 atom stereocenters. The van der Waals surface area contributed by atoms with Crippen molar-refractivity contribution in [2.45, 2.75) is 43.8 Å². The average molecular weight is 469 g/mol. The van der Waals surface area contributed by atoms with Crippen molar-refractivity contribution < 1.29 is 23.8 Å². The van der Waals surface area contributed by atoms with Crippen LogP contribution in [0.2, 0.25) is 0 Å². The molecule has 180 valence electrons. The molecule has 1 amide bonds. The molecule has 9 heteroatoms. The largest absolute Gasteiger partial charge is 0.497 e. The van der Waals surface area contributed by atoms with Gasteiger partial charge in [0.05, 0.1) is 19.2 Å². The normalized spacial score (nSPS) is 22.0. The Morgan fingerprint density at radius 2 is 2.03 bits per heavy atom. The minimum atomic E-state index is -0.901. The molecule has 1 aliphatic carbocycles. The van der Waals surface area contributed by atoms with E-state index in [0.717, 1.165) is 11.3 Å². The zero-order valence-electron chi connectivity index (χ0n) is 19.2. The molecule has 4 rings (SSSR count). The van der Waals surface area contributed by atoms with E-state index in [1.165, 1.54) is 16.8 Å². The summed E-state index contributed by atoms with van der Waals surface area (Å²) in [5.41, 5.74) is 1.03. The summed E-state index contributed by atoms with van der Waals surface area (Å²) in [6, 6.07) is 14.5. The van der Waals surface area contributed by atoms with Gasteiger partial charge in [0.1, 0.15) is 36.1 Å². The highest BCUT2D eigenvalue weighted by molar-refractivity contribution is 5.76. The lowest BCUT2D eigenvalue weighted by Gasteiger charge is -2.32. The van der Waals surface area contributed by atoms with Crippen LogP contribution in [-0.4, -0.2) is 64.1 Å². The fraction of sp³-hybridized carbons (Fsp3) is 0.360. The van der Waals surface area contributed by atoms with Crippen molar-refractivity contribution in [1.29, 1.82) is 0 Å². The number of aromatic nitrogens is 2. The zero-order valence-corrected chi connectivity index (χ0v) is 19.2. The van der Waals surface area contributed by atoms with Crippen LogP contribution in [0.4, 0.5) is 4.39 Å². The minimum absolute atomic E-state index is 0.0733.